The second kappa shape index (κ2) is 11.2. The Balaban J connectivity index is 1.42. The highest BCUT2D eigenvalue weighted by Crippen LogP contribution is 2.42. The van der Waals surface area contributed by atoms with E-state index in [1.54, 1.807) is 11.7 Å². The number of nitrogens with zero attached hydrogens (tertiary/aromatic N) is 5. The van der Waals surface area contributed by atoms with Gasteiger partial charge in [0.05, 0.1) is 22.5 Å². The Labute approximate surface area is 227 Å². The van der Waals surface area contributed by atoms with E-state index in [0.29, 0.717) is 54.5 Å². The van der Waals surface area contributed by atoms with E-state index in [1.807, 2.05) is 23.4 Å². The highest BCUT2D eigenvalue weighted by Gasteiger charge is 2.31. The van der Waals surface area contributed by atoms with E-state index in [4.69, 9.17) is 9.94 Å². The molecule has 208 valence electrons. The number of ether oxygens (including phenoxy) is 1. The van der Waals surface area contributed by atoms with Crippen LogP contribution in [0, 0.1) is 5.82 Å². The van der Waals surface area contributed by atoms with Crippen molar-refractivity contribution in [2.45, 2.75) is 38.6 Å². The van der Waals surface area contributed by atoms with Crippen LogP contribution in [-0.2, 0) is 9.59 Å². The zero-order chi connectivity index (χ0) is 27.7. The zero-order valence-corrected chi connectivity index (χ0v) is 22.5. The van der Waals surface area contributed by atoms with Crippen molar-refractivity contribution in [3.05, 3.63) is 28.3 Å². The number of unbranched alkanes of at least 4 members (excludes halogenated alkanes) is 1. The third-order valence-electron chi connectivity index (χ3n) is 7.05. The molecule has 4 heterocycles. The number of hydrogen-bond acceptors (Lipinski definition) is 10. The number of hydroxylamine groups is 1. The minimum atomic E-state index is -0.506. The Morgan fingerprint density at radius 2 is 1.90 bits per heavy atom. The molecule has 0 radical (unpaired) electrons. The Kier molecular flexibility index (Phi) is 7.77. The number of halogens is 1. The van der Waals surface area contributed by atoms with Crippen LogP contribution in [0.4, 0.5) is 15.2 Å². The largest absolute Gasteiger partial charge is 0.487 e. The predicted octanol–water partition coefficient (Wildman–Crippen LogP) is 2.37. The lowest BCUT2D eigenvalue weighted by molar-refractivity contribution is -0.129. The van der Waals surface area contributed by atoms with Gasteiger partial charge in [0, 0.05) is 45.2 Å². The van der Waals surface area contributed by atoms with Crippen LogP contribution in [0.5, 0.6) is 5.75 Å². The summed E-state index contributed by atoms with van der Waals surface area (Å²) in [5.41, 5.74) is 2.38. The molecule has 1 atom stereocenters. The molecule has 0 saturated carbocycles. The van der Waals surface area contributed by atoms with Gasteiger partial charge in [0.2, 0.25) is 16.9 Å². The van der Waals surface area contributed by atoms with E-state index >= 15 is 4.39 Å². The fraction of sp³-hybridized carbons (Fsp3) is 0.480. The van der Waals surface area contributed by atoms with Crippen LogP contribution in [0.15, 0.2) is 17.1 Å². The first-order valence-electron chi connectivity index (χ1n) is 12.8. The number of rotatable bonds is 8. The molecule has 0 unspecified atom stereocenters. The van der Waals surface area contributed by atoms with Crippen molar-refractivity contribution in [3.63, 3.8) is 0 Å². The summed E-state index contributed by atoms with van der Waals surface area (Å²) in [6.45, 7) is 5.21. The van der Waals surface area contributed by atoms with Gasteiger partial charge in [-0.3, -0.25) is 19.6 Å². The van der Waals surface area contributed by atoms with Crippen molar-refractivity contribution in [2.24, 2.45) is 0 Å². The Morgan fingerprint density at radius 3 is 2.62 bits per heavy atom. The summed E-state index contributed by atoms with van der Waals surface area (Å²) in [6, 6.07) is 1.18. The van der Waals surface area contributed by atoms with E-state index in [2.05, 4.69) is 20.4 Å². The number of pyridine rings is 1. The number of likely N-dealkylation sites (N-methyl/N-ethyl adjacent to an activating group) is 1. The third-order valence-corrected chi connectivity index (χ3v) is 7.92. The third kappa shape index (κ3) is 5.44. The summed E-state index contributed by atoms with van der Waals surface area (Å²) in [5.74, 6) is -0.924. The molecular formula is C25H30FN7O5S. The minimum absolute atomic E-state index is 0.106. The molecule has 2 aromatic heterocycles. The smallest absolute Gasteiger partial charge is 0.243 e. The molecule has 1 fully saturated rings. The van der Waals surface area contributed by atoms with Crippen LogP contribution in [0.1, 0.15) is 38.6 Å². The van der Waals surface area contributed by atoms with Gasteiger partial charge in [0.15, 0.2) is 22.0 Å². The molecule has 5 rings (SSSR count). The molecule has 1 saturated heterocycles. The van der Waals surface area contributed by atoms with Crippen LogP contribution in [-0.4, -0.2) is 76.5 Å². The maximum Gasteiger partial charge on any atom is 0.243 e. The van der Waals surface area contributed by atoms with Gasteiger partial charge in [-0.2, -0.15) is 0 Å². The molecule has 2 amide bonds. The molecule has 12 nitrogen and oxygen atoms in total. The highest BCUT2D eigenvalue weighted by atomic mass is 32.1. The first kappa shape index (κ1) is 27.0. The molecular weight excluding hydrogens is 529 g/mol. The molecule has 2 aliphatic heterocycles. The maximum absolute atomic E-state index is 15.6. The average molecular weight is 560 g/mol. The quantitative estimate of drug-likeness (QED) is 0.215. The van der Waals surface area contributed by atoms with Crippen molar-refractivity contribution in [1.29, 1.82) is 0 Å². The molecule has 14 heteroatoms. The lowest BCUT2D eigenvalue weighted by Gasteiger charge is -2.37. The number of anilines is 2. The monoisotopic (exact) mass is 559 g/mol. The topological polar surface area (TPSA) is 142 Å². The van der Waals surface area contributed by atoms with Crippen LogP contribution >= 0.6 is 11.3 Å². The number of carbonyl (C=O) groups is 2. The number of carbonyl (C=O) groups excluding carboxylic acids is 2. The summed E-state index contributed by atoms with van der Waals surface area (Å²) in [5, 5.41) is 20.1. The highest BCUT2D eigenvalue weighted by molar-refractivity contribution is 7.18. The van der Waals surface area contributed by atoms with Crippen LogP contribution in [0.3, 0.4) is 0 Å². The van der Waals surface area contributed by atoms with E-state index in [1.165, 1.54) is 6.07 Å². The number of aromatic nitrogens is 3. The van der Waals surface area contributed by atoms with Crippen LogP contribution in [0.2, 0.25) is 0 Å². The van der Waals surface area contributed by atoms with Crippen LogP contribution in [0.25, 0.3) is 21.5 Å². The van der Waals surface area contributed by atoms with Gasteiger partial charge in [0.25, 0.3) is 0 Å². The van der Waals surface area contributed by atoms with Gasteiger partial charge in [-0.05, 0) is 32.9 Å². The normalized spacial score (nSPS) is 17.2. The fourth-order valence-corrected chi connectivity index (χ4v) is 5.65. The van der Waals surface area contributed by atoms with Crippen molar-refractivity contribution in [2.75, 3.05) is 50.1 Å². The van der Waals surface area contributed by atoms with E-state index in [9.17, 15) is 14.4 Å². The summed E-state index contributed by atoms with van der Waals surface area (Å²) < 4.78 is 23.5. The zero-order valence-electron chi connectivity index (χ0n) is 21.7. The van der Waals surface area contributed by atoms with E-state index in [0.717, 1.165) is 24.4 Å². The number of hydrogen-bond donors (Lipinski definition) is 3. The van der Waals surface area contributed by atoms with Crippen LogP contribution < -0.4 is 25.9 Å². The second-order valence-corrected chi connectivity index (χ2v) is 10.8. The first-order chi connectivity index (χ1) is 18.8. The second-order valence-electron chi connectivity index (χ2n) is 9.86. The number of piperazine rings is 1. The van der Waals surface area contributed by atoms with Gasteiger partial charge >= 0.3 is 0 Å². The summed E-state index contributed by atoms with van der Waals surface area (Å²) in [6.07, 6.45) is 2.87. The number of nitrogens with one attached hydrogen (secondary N) is 2. The maximum atomic E-state index is 15.6. The van der Waals surface area contributed by atoms with Gasteiger partial charge in [0.1, 0.15) is 12.3 Å². The summed E-state index contributed by atoms with van der Waals surface area (Å²) >= 11 is 1.06. The molecule has 0 bridgehead atoms. The first-order valence-corrected chi connectivity index (χ1v) is 13.6. The SMILES string of the molecule is C[C@H]1COc2c(N3CCN(C)CC3)c(F)cc3c(=O)c(-c4nnc(NC(=O)CCCCC(=O)NO)s4)cn1c23. The Hall–Kier alpha value is -3.62. The Bertz CT molecular complexity index is 1470. The molecule has 0 spiro atoms. The van der Waals surface area contributed by atoms with Crippen molar-refractivity contribution < 1.29 is 23.9 Å². The standard InChI is InChI=1S/C25H30FN7O5S/c1-14-13-38-23-20-15(11-17(26)21(23)32-9-7-31(2)8-10-32)22(36)16(12-33(14)20)24-28-29-25(39-24)27-18(34)5-3-4-6-19(35)30-37/h11-12,14,37H,3-10,13H2,1-2H3,(H,30,35)(H,27,29,34)/t14-/m0/s1. The molecule has 1 aromatic carbocycles. The summed E-state index contributed by atoms with van der Waals surface area (Å²) in [7, 11) is 2.03. The van der Waals surface area contributed by atoms with Gasteiger partial charge in [-0.15, -0.1) is 10.2 Å². The Morgan fingerprint density at radius 1 is 1.18 bits per heavy atom. The lowest BCUT2D eigenvalue weighted by atomic mass is 10.1. The van der Waals surface area contributed by atoms with Crippen molar-refractivity contribution in [3.8, 4) is 16.3 Å². The van der Waals surface area contributed by atoms with Crippen molar-refractivity contribution >= 4 is 44.9 Å². The number of amides is 2. The van der Waals surface area contributed by atoms with E-state index in [-0.39, 0.29) is 46.3 Å². The van der Waals surface area contributed by atoms with Crippen molar-refractivity contribution in [1.82, 2.24) is 25.1 Å². The molecule has 3 aromatic rings. The fourth-order valence-electron chi connectivity index (χ4n) is 4.88. The minimum Gasteiger partial charge on any atom is -0.487 e. The lowest BCUT2D eigenvalue weighted by Crippen LogP contribution is -2.45. The molecule has 39 heavy (non-hydrogen) atoms. The summed E-state index contributed by atoms with van der Waals surface area (Å²) in [4.78, 5) is 41.1. The molecule has 2 aliphatic rings. The average Bonchev–Trinajstić information content (AvgIpc) is 3.38. The van der Waals surface area contributed by atoms with Gasteiger partial charge in [-0.1, -0.05) is 11.3 Å². The predicted molar refractivity (Wildman–Crippen MR) is 144 cm³/mol. The number of benzene rings is 1. The molecule has 0 aliphatic carbocycles. The molecule has 3 N–H and O–H groups in total. The van der Waals surface area contributed by atoms with E-state index < -0.39 is 11.7 Å². The van der Waals surface area contributed by atoms with Gasteiger partial charge in [-0.25, -0.2) is 9.87 Å². The van der Waals surface area contributed by atoms with Gasteiger partial charge < -0.3 is 24.4 Å².